The molecule has 264 valence electrons. The third kappa shape index (κ3) is 8.28. The van der Waals surface area contributed by atoms with Crippen LogP contribution >= 0.6 is 12.2 Å². The summed E-state index contributed by atoms with van der Waals surface area (Å²) in [4.78, 5) is 29.5. The molecule has 1 fully saturated rings. The molecule has 5 aromatic rings. The molecule has 5 atom stereocenters. The molecule has 2 amide bonds. The molecule has 0 spiro atoms. The van der Waals surface area contributed by atoms with Crippen LogP contribution in [0.3, 0.4) is 0 Å². The molecular weight excluding hydrogens is 679 g/mol. The van der Waals surface area contributed by atoms with Crippen molar-refractivity contribution in [1.82, 2.24) is 4.90 Å². The van der Waals surface area contributed by atoms with Gasteiger partial charge in [0.25, 0.3) is 11.8 Å². The van der Waals surface area contributed by atoms with Gasteiger partial charge in [-0.25, -0.2) is 0 Å². The Hall–Kier alpha value is -5.23. The Labute approximate surface area is 307 Å². The molecule has 0 N–H and O–H groups in total. The highest BCUT2D eigenvalue weighted by Crippen LogP contribution is 2.36. The van der Waals surface area contributed by atoms with Gasteiger partial charge < -0.3 is 28.4 Å². The summed E-state index contributed by atoms with van der Waals surface area (Å²) in [6.07, 6.45) is -4.01. The minimum atomic E-state index is -1.14. The first kappa shape index (κ1) is 35.2. The number of amides is 2. The van der Waals surface area contributed by atoms with Gasteiger partial charge in [0.15, 0.2) is 12.4 Å². The largest absolute Gasteiger partial charge is 0.448 e. The van der Waals surface area contributed by atoms with Crippen molar-refractivity contribution in [3.63, 3.8) is 0 Å². The van der Waals surface area contributed by atoms with Gasteiger partial charge in [0.2, 0.25) is 0 Å². The van der Waals surface area contributed by atoms with Gasteiger partial charge in [-0.1, -0.05) is 121 Å². The molecule has 52 heavy (non-hydrogen) atoms. The first-order valence-corrected chi connectivity index (χ1v) is 17.4. The zero-order valence-corrected chi connectivity index (χ0v) is 29.0. The van der Waals surface area contributed by atoms with E-state index in [1.807, 2.05) is 109 Å². The predicted molar refractivity (Wildman–Crippen MR) is 196 cm³/mol. The Morgan fingerprint density at radius 3 is 1.63 bits per heavy atom. The van der Waals surface area contributed by atoms with Crippen LogP contribution < -0.4 is 4.74 Å². The van der Waals surface area contributed by atoms with E-state index in [9.17, 15) is 9.59 Å². The van der Waals surface area contributed by atoms with Gasteiger partial charge in [-0.2, -0.15) is 0 Å². The highest BCUT2D eigenvalue weighted by Gasteiger charge is 2.56. The van der Waals surface area contributed by atoms with Crippen LogP contribution in [0.25, 0.3) is 0 Å². The molecule has 0 aliphatic carbocycles. The second-order valence-electron chi connectivity index (χ2n) is 12.4. The number of carbonyl (C=O) groups is 2. The standard InChI is InChI=1S/C42H37NO8S/c44-39-33-23-13-14-24-34(33)40(45)43(39)36-38(47-26-30-17-7-2-8-18-30)37(51-42(52)49-32-21-11-4-12-22-32)35(28-46-25-29-15-5-1-6-16-29)50-41(36)48-27-31-19-9-3-10-20-31/h1-24,35-38,41H,25-28H2/t35-,36-,37+,38+,41+/m0/s1. The molecule has 7 rings (SSSR count). The lowest BCUT2D eigenvalue weighted by Gasteiger charge is -2.47. The number of imide groups is 1. The summed E-state index contributed by atoms with van der Waals surface area (Å²) >= 11 is 5.64. The molecule has 1 saturated heterocycles. The summed E-state index contributed by atoms with van der Waals surface area (Å²) in [6.45, 7) is 0.597. The summed E-state index contributed by atoms with van der Waals surface area (Å²) in [5.41, 5.74) is 3.28. The summed E-state index contributed by atoms with van der Waals surface area (Å²) in [7, 11) is 0. The Balaban J connectivity index is 1.27. The lowest BCUT2D eigenvalue weighted by molar-refractivity contribution is -0.291. The van der Waals surface area contributed by atoms with Gasteiger partial charge in [0.05, 0.1) is 37.6 Å². The van der Waals surface area contributed by atoms with Crippen LogP contribution in [0.4, 0.5) is 0 Å². The topological polar surface area (TPSA) is 92.8 Å². The number of nitrogens with zero attached hydrogens (tertiary/aromatic N) is 1. The molecule has 2 aliphatic heterocycles. The van der Waals surface area contributed by atoms with E-state index in [1.165, 1.54) is 4.90 Å². The van der Waals surface area contributed by atoms with Crippen molar-refractivity contribution in [3.8, 4) is 5.75 Å². The Morgan fingerprint density at radius 2 is 1.08 bits per heavy atom. The predicted octanol–water partition coefficient (Wildman–Crippen LogP) is 7.14. The number of benzene rings is 5. The van der Waals surface area contributed by atoms with E-state index in [1.54, 1.807) is 36.4 Å². The van der Waals surface area contributed by atoms with Gasteiger partial charge in [-0.3, -0.25) is 14.5 Å². The van der Waals surface area contributed by atoms with E-state index in [2.05, 4.69) is 0 Å². The summed E-state index contributed by atoms with van der Waals surface area (Å²) in [6, 6.07) is 43.6. The normalized spacial score (nSPS) is 21.1. The molecule has 0 bridgehead atoms. The van der Waals surface area contributed by atoms with Crippen molar-refractivity contribution in [1.29, 1.82) is 0 Å². The first-order chi connectivity index (χ1) is 25.5. The maximum Gasteiger partial charge on any atom is 0.358 e. The first-order valence-electron chi connectivity index (χ1n) is 17.0. The van der Waals surface area contributed by atoms with Crippen LogP contribution in [0.15, 0.2) is 146 Å². The lowest BCUT2D eigenvalue weighted by Crippen LogP contribution is -2.67. The highest BCUT2D eigenvalue weighted by atomic mass is 32.1. The molecule has 10 heteroatoms. The van der Waals surface area contributed by atoms with Crippen LogP contribution in [-0.2, 0) is 43.5 Å². The van der Waals surface area contributed by atoms with Gasteiger partial charge in [-0.15, -0.1) is 0 Å². The van der Waals surface area contributed by atoms with Crippen LogP contribution in [0.2, 0.25) is 0 Å². The minimum absolute atomic E-state index is 0.0404. The quantitative estimate of drug-likeness (QED) is 0.0932. The van der Waals surface area contributed by atoms with E-state index in [-0.39, 0.29) is 36.2 Å². The maximum absolute atomic E-state index is 14.1. The number of ether oxygens (including phenoxy) is 6. The monoisotopic (exact) mass is 715 g/mol. The molecule has 0 radical (unpaired) electrons. The fraction of sp³-hybridized carbons (Fsp3) is 0.214. The van der Waals surface area contributed by atoms with Crippen LogP contribution in [0.5, 0.6) is 5.75 Å². The average Bonchev–Trinajstić information content (AvgIpc) is 3.44. The van der Waals surface area contributed by atoms with Crippen LogP contribution in [-0.4, -0.2) is 59.2 Å². The molecule has 0 saturated carbocycles. The average molecular weight is 716 g/mol. The minimum Gasteiger partial charge on any atom is -0.448 e. The molecular formula is C42H37NO8S. The summed E-state index contributed by atoms with van der Waals surface area (Å²) in [5.74, 6) is -0.503. The van der Waals surface area contributed by atoms with Gasteiger partial charge in [0.1, 0.15) is 24.0 Å². The number of fused-ring (bicyclic) bond motifs is 1. The van der Waals surface area contributed by atoms with E-state index < -0.39 is 42.5 Å². The van der Waals surface area contributed by atoms with Crippen molar-refractivity contribution in [2.45, 2.75) is 50.5 Å². The van der Waals surface area contributed by atoms with E-state index in [0.29, 0.717) is 12.4 Å². The third-order valence-corrected chi connectivity index (χ3v) is 9.03. The number of rotatable bonds is 13. The van der Waals surface area contributed by atoms with Gasteiger partial charge in [-0.05, 0) is 41.0 Å². The molecule has 2 heterocycles. The maximum atomic E-state index is 14.1. The molecule has 0 unspecified atom stereocenters. The smallest absolute Gasteiger partial charge is 0.358 e. The van der Waals surface area contributed by atoms with Crippen molar-refractivity contribution in [2.75, 3.05) is 6.61 Å². The Morgan fingerprint density at radius 1 is 0.596 bits per heavy atom. The number of thiocarbonyl (C=S) groups is 1. The molecule has 2 aliphatic rings. The lowest BCUT2D eigenvalue weighted by atomic mass is 9.94. The summed E-state index contributed by atoms with van der Waals surface area (Å²) in [5, 5.41) is -0.189. The number of para-hydroxylation sites is 1. The highest BCUT2D eigenvalue weighted by molar-refractivity contribution is 7.79. The second kappa shape index (κ2) is 16.9. The van der Waals surface area contributed by atoms with Crippen molar-refractivity contribution < 1.29 is 38.0 Å². The van der Waals surface area contributed by atoms with Crippen LogP contribution in [0, 0.1) is 0 Å². The van der Waals surface area contributed by atoms with E-state index >= 15 is 0 Å². The zero-order valence-electron chi connectivity index (χ0n) is 28.2. The number of carbonyl (C=O) groups excluding carboxylic acids is 2. The fourth-order valence-corrected chi connectivity index (χ4v) is 6.56. The Bertz CT molecular complexity index is 1910. The number of hydrogen-bond acceptors (Lipinski definition) is 9. The summed E-state index contributed by atoms with van der Waals surface area (Å²) < 4.78 is 38.5. The number of hydrogen-bond donors (Lipinski definition) is 0. The second-order valence-corrected chi connectivity index (χ2v) is 12.7. The van der Waals surface area contributed by atoms with E-state index in [0.717, 1.165) is 16.7 Å². The SMILES string of the molecule is O=C1c2ccccc2C(=O)N1[C@@H]1[C@H](OCc2ccccc2)O[C@@H](COCc2ccccc2)[C@@H](OC(=S)Oc2ccccc2)[C@@H]1OCc1ccccc1. The van der Waals surface area contributed by atoms with Crippen molar-refractivity contribution >= 4 is 29.3 Å². The van der Waals surface area contributed by atoms with E-state index in [4.69, 9.17) is 40.6 Å². The van der Waals surface area contributed by atoms with Gasteiger partial charge >= 0.3 is 5.24 Å². The fourth-order valence-electron chi connectivity index (χ4n) is 6.35. The third-order valence-electron chi connectivity index (χ3n) is 8.85. The zero-order chi connectivity index (χ0) is 35.7. The molecule has 0 aromatic heterocycles. The van der Waals surface area contributed by atoms with Crippen LogP contribution in [0.1, 0.15) is 37.4 Å². The van der Waals surface area contributed by atoms with Gasteiger partial charge in [0, 0.05) is 12.2 Å². The van der Waals surface area contributed by atoms with Crippen molar-refractivity contribution in [2.24, 2.45) is 0 Å². The molecule has 5 aromatic carbocycles. The Kier molecular flexibility index (Phi) is 11.4. The van der Waals surface area contributed by atoms with Crippen molar-refractivity contribution in [3.05, 3.63) is 173 Å². The molecule has 9 nitrogen and oxygen atoms in total.